The minimum atomic E-state index is -0.412. The monoisotopic (exact) mass is 334 g/mol. The first-order valence-electron chi connectivity index (χ1n) is 7.69. The van der Waals surface area contributed by atoms with E-state index in [1.807, 2.05) is 0 Å². The molecule has 0 amide bonds. The summed E-state index contributed by atoms with van der Waals surface area (Å²) >= 11 is 0. The van der Waals surface area contributed by atoms with Gasteiger partial charge in [-0.25, -0.2) is 4.79 Å². The minimum Gasteiger partial charge on any atom is -0.382 e. The molecular weight excluding hydrogens is 316 g/mol. The topological polar surface area (TPSA) is 106 Å². The lowest BCUT2D eigenvalue weighted by Crippen LogP contribution is -2.35. The first-order chi connectivity index (χ1) is 11.7. The first-order valence-corrected chi connectivity index (χ1v) is 7.69. The summed E-state index contributed by atoms with van der Waals surface area (Å²) < 4.78 is 19.8. The van der Waals surface area contributed by atoms with Crippen LogP contribution in [0.1, 0.15) is 19.1 Å². The summed E-state index contributed by atoms with van der Waals surface area (Å²) in [6.45, 7) is 0.418. The second kappa shape index (κ2) is 5.72. The molecule has 4 rings (SSSR count). The SMILES string of the molecule is COC[C@H]1O[C@@H](n2ccc(-n3cnnn3)nc2=O)C2(CC2)[C@@H]1OC. The van der Waals surface area contributed by atoms with Crippen LogP contribution >= 0.6 is 0 Å². The van der Waals surface area contributed by atoms with Gasteiger partial charge in [-0.1, -0.05) is 0 Å². The maximum Gasteiger partial charge on any atom is 0.351 e. The van der Waals surface area contributed by atoms with Crippen LogP contribution in [0.4, 0.5) is 0 Å². The molecule has 0 radical (unpaired) electrons. The zero-order valence-corrected chi connectivity index (χ0v) is 13.4. The van der Waals surface area contributed by atoms with E-state index in [0.29, 0.717) is 12.4 Å². The van der Waals surface area contributed by atoms with Crippen molar-refractivity contribution in [2.24, 2.45) is 5.41 Å². The van der Waals surface area contributed by atoms with Gasteiger partial charge in [0, 0.05) is 25.8 Å². The Balaban J connectivity index is 1.68. The molecule has 0 N–H and O–H groups in total. The number of methoxy groups -OCH3 is 2. The third-order valence-electron chi connectivity index (χ3n) is 4.76. The summed E-state index contributed by atoms with van der Waals surface area (Å²) in [4.78, 5) is 16.6. The summed E-state index contributed by atoms with van der Waals surface area (Å²) in [7, 11) is 3.29. The smallest absolute Gasteiger partial charge is 0.351 e. The molecule has 0 bridgehead atoms. The van der Waals surface area contributed by atoms with Gasteiger partial charge in [0.25, 0.3) is 0 Å². The average Bonchev–Trinajstić information content (AvgIpc) is 3.06. The van der Waals surface area contributed by atoms with Crippen LogP contribution in [-0.2, 0) is 14.2 Å². The normalized spacial score (nSPS) is 27.7. The van der Waals surface area contributed by atoms with Gasteiger partial charge in [-0.15, -0.1) is 5.10 Å². The fourth-order valence-electron chi connectivity index (χ4n) is 3.56. The number of rotatable bonds is 5. The Kier molecular flexibility index (Phi) is 3.66. The molecule has 10 nitrogen and oxygen atoms in total. The van der Waals surface area contributed by atoms with E-state index in [1.54, 1.807) is 26.5 Å². The van der Waals surface area contributed by atoms with Gasteiger partial charge in [-0.3, -0.25) is 4.57 Å². The van der Waals surface area contributed by atoms with Crippen LogP contribution in [0.15, 0.2) is 23.4 Å². The van der Waals surface area contributed by atoms with Crippen molar-refractivity contribution in [3.05, 3.63) is 29.1 Å². The standard InChI is InChI=1S/C14H18N6O4/c1-22-7-9-11(23-2)14(4-5-14)12(24-9)19-6-3-10(16-13(19)21)20-8-15-17-18-20/h3,6,8-9,11-12H,4-5,7H2,1-2H3/t9-,11-,12-/m1/s1. The number of aromatic nitrogens is 6. The van der Waals surface area contributed by atoms with Crippen molar-refractivity contribution in [3.63, 3.8) is 0 Å². The third kappa shape index (κ3) is 2.26. The van der Waals surface area contributed by atoms with E-state index >= 15 is 0 Å². The molecule has 2 fully saturated rings. The van der Waals surface area contributed by atoms with E-state index in [0.717, 1.165) is 12.8 Å². The molecule has 2 aromatic rings. The molecule has 0 unspecified atom stereocenters. The maximum atomic E-state index is 12.5. The van der Waals surface area contributed by atoms with Crippen molar-refractivity contribution in [3.8, 4) is 5.82 Å². The van der Waals surface area contributed by atoms with Crippen LogP contribution < -0.4 is 5.69 Å². The van der Waals surface area contributed by atoms with Crippen molar-refractivity contribution < 1.29 is 14.2 Å². The highest BCUT2D eigenvalue weighted by atomic mass is 16.6. The van der Waals surface area contributed by atoms with Crippen LogP contribution in [0.2, 0.25) is 0 Å². The minimum absolute atomic E-state index is 0.103. The quantitative estimate of drug-likeness (QED) is 0.724. The van der Waals surface area contributed by atoms with Crippen LogP contribution in [-0.4, -0.2) is 62.8 Å². The molecule has 3 atom stereocenters. The summed E-state index contributed by atoms with van der Waals surface area (Å²) in [5.41, 5.74) is -0.605. The maximum absolute atomic E-state index is 12.5. The predicted octanol–water partition coefficient (Wildman–Crippen LogP) is -0.442. The van der Waals surface area contributed by atoms with Gasteiger partial charge in [-0.2, -0.15) is 9.67 Å². The van der Waals surface area contributed by atoms with Crippen LogP contribution in [0, 0.1) is 5.41 Å². The van der Waals surface area contributed by atoms with E-state index in [9.17, 15) is 4.79 Å². The summed E-state index contributed by atoms with van der Waals surface area (Å²) in [5, 5.41) is 10.8. The highest BCUT2D eigenvalue weighted by Gasteiger charge is 2.65. The Hall–Kier alpha value is -2.17. The first kappa shape index (κ1) is 15.4. The molecule has 1 aliphatic heterocycles. The van der Waals surface area contributed by atoms with E-state index < -0.39 is 11.9 Å². The van der Waals surface area contributed by atoms with Gasteiger partial charge in [0.1, 0.15) is 18.7 Å². The van der Waals surface area contributed by atoms with Crippen molar-refractivity contribution in [2.75, 3.05) is 20.8 Å². The Morgan fingerprint density at radius 3 is 2.83 bits per heavy atom. The molecule has 3 heterocycles. The Bertz CT molecular complexity index is 772. The van der Waals surface area contributed by atoms with Gasteiger partial charge in [0.2, 0.25) is 0 Å². The van der Waals surface area contributed by atoms with E-state index in [-0.39, 0.29) is 17.6 Å². The number of ether oxygens (including phenoxy) is 3. The molecule has 0 aromatic carbocycles. The average molecular weight is 334 g/mol. The zero-order chi connectivity index (χ0) is 16.7. The molecule has 2 aliphatic rings. The fraction of sp³-hybridized carbons (Fsp3) is 0.643. The highest BCUT2D eigenvalue weighted by molar-refractivity contribution is 5.18. The van der Waals surface area contributed by atoms with Crippen molar-refractivity contribution in [1.82, 2.24) is 29.8 Å². The number of nitrogens with zero attached hydrogens (tertiary/aromatic N) is 6. The van der Waals surface area contributed by atoms with Gasteiger partial charge >= 0.3 is 5.69 Å². The van der Waals surface area contributed by atoms with Crippen molar-refractivity contribution >= 4 is 0 Å². The van der Waals surface area contributed by atoms with E-state index in [4.69, 9.17) is 14.2 Å². The van der Waals surface area contributed by atoms with Gasteiger partial charge < -0.3 is 14.2 Å². The summed E-state index contributed by atoms with van der Waals surface area (Å²) in [6.07, 6.45) is 4.21. The lowest BCUT2D eigenvalue weighted by Gasteiger charge is -2.22. The lowest BCUT2D eigenvalue weighted by atomic mass is 9.96. The zero-order valence-electron chi connectivity index (χ0n) is 13.4. The van der Waals surface area contributed by atoms with Crippen molar-refractivity contribution in [2.45, 2.75) is 31.3 Å². The van der Waals surface area contributed by atoms with Crippen molar-refractivity contribution in [1.29, 1.82) is 0 Å². The van der Waals surface area contributed by atoms with Crippen LogP contribution in [0.5, 0.6) is 0 Å². The molecule has 2 aromatic heterocycles. The molecule has 24 heavy (non-hydrogen) atoms. The highest BCUT2D eigenvalue weighted by Crippen LogP contribution is 2.63. The Morgan fingerprint density at radius 1 is 1.42 bits per heavy atom. The van der Waals surface area contributed by atoms with Gasteiger partial charge in [-0.05, 0) is 29.3 Å². The fourth-order valence-corrected chi connectivity index (χ4v) is 3.56. The summed E-state index contributed by atoms with van der Waals surface area (Å²) in [6, 6.07) is 1.68. The van der Waals surface area contributed by atoms with E-state index in [1.165, 1.54) is 15.6 Å². The molecular formula is C14H18N6O4. The largest absolute Gasteiger partial charge is 0.382 e. The second-order valence-electron chi connectivity index (χ2n) is 6.10. The predicted molar refractivity (Wildman–Crippen MR) is 79.5 cm³/mol. The van der Waals surface area contributed by atoms with Crippen LogP contribution in [0.3, 0.4) is 0 Å². The lowest BCUT2D eigenvalue weighted by molar-refractivity contribution is -0.0625. The second-order valence-corrected chi connectivity index (χ2v) is 6.10. The molecule has 128 valence electrons. The number of hydrogen-bond acceptors (Lipinski definition) is 8. The number of tetrazole rings is 1. The van der Waals surface area contributed by atoms with Gasteiger partial charge in [0.15, 0.2) is 5.82 Å². The number of hydrogen-bond donors (Lipinski definition) is 0. The Morgan fingerprint density at radius 2 is 2.25 bits per heavy atom. The van der Waals surface area contributed by atoms with Gasteiger partial charge in [0.05, 0.1) is 12.7 Å². The summed E-state index contributed by atoms with van der Waals surface area (Å²) in [5.74, 6) is 0.362. The molecule has 1 spiro atoms. The Labute approximate surface area is 137 Å². The molecule has 1 saturated heterocycles. The molecule has 1 saturated carbocycles. The molecule has 10 heteroatoms. The van der Waals surface area contributed by atoms with E-state index in [2.05, 4.69) is 20.5 Å². The third-order valence-corrected chi connectivity index (χ3v) is 4.76. The van der Waals surface area contributed by atoms with Crippen LogP contribution in [0.25, 0.3) is 5.82 Å². The molecule has 1 aliphatic carbocycles.